The zero-order chi connectivity index (χ0) is 17.1. The summed E-state index contributed by atoms with van der Waals surface area (Å²) >= 11 is 0. The lowest BCUT2D eigenvalue weighted by Gasteiger charge is -2.20. The van der Waals surface area contributed by atoms with Gasteiger partial charge in [-0.25, -0.2) is 4.79 Å². The molecule has 2 atom stereocenters. The van der Waals surface area contributed by atoms with E-state index in [0.29, 0.717) is 6.42 Å². The Morgan fingerprint density at radius 1 is 1.09 bits per heavy atom. The summed E-state index contributed by atoms with van der Waals surface area (Å²) in [6.45, 7) is 7.75. The minimum Gasteiger partial charge on any atom is -0.466 e. The first kappa shape index (κ1) is 20.4. The van der Waals surface area contributed by atoms with Crippen LogP contribution in [0, 0.1) is 5.92 Å². The van der Waals surface area contributed by atoms with Crippen LogP contribution in [0.25, 0.3) is 0 Å². The van der Waals surface area contributed by atoms with Crippen LogP contribution in [0.2, 0.25) is 0 Å². The Bertz CT molecular complexity index is 371. The zero-order valence-electron chi connectivity index (χ0n) is 13.9. The normalized spacial score (nSPS) is 13.4. The Kier molecular flexibility index (Phi) is 10.2. The van der Waals surface area contributed by atoms with Crippen LogP contribution in [-0.4, -0.2) is 43.1 Å². The van der Waals surface area contributed by atoms with Crippen molar-refractivity contribution in [2.75, 3.05) is 13.2 Å². The van der Waals surface area contributed by atoms with Gasteiger partial charge < -0.3 is 20.5 Å². The van der Waals surface area contributed by atoms with E-state index in [4.69, 9.17) is 15.2 Å². The summed E-state index contributed by atoms with van der Waals surface area (Å²) in [5, 5.41) is 2.56. The van der Waals surface area contributed by atoms with Gasteiger partial charge in [-0.15, -0.1) is 0 Å². The van der Waals surface area contributed by atoms with Crippen molar-refractivity contribution in [2.24, 2.45) is 11.7 Å². The molecule has 0 saturated heterocycles. The Labute approximate surface area is 131 Å². The number of carbonyl (C=O) groups is 3. The Morgan fingerprint density at radius 2 is 1.68 bits per heavy atom. The molecule has 0 bridgehead atoms. The number of amides is 1. The predicted molar refractivity (Wildman–Crippen MR) is 81.9 cm³/mol. The van der Waals surface area contributed by atoms with Gasteiger partial charge in [0.15, 0.2) is 0 Å². The molecule has 0 radical (unpaired) electrons. The van der Waals surface area contributed by atoms with Gasteiger partial charge in [-0.05, 0) is 32.6 Å². The van der Waals surface area contributed by atoms with E-state index in [2.05, 4.69) is 5.32 Å². The molecular weight excluding hydrogens is 288 g/mol. The molecule has 0 rings (SSSR count). The van der Waals surface area contributed by atoms with Gasteiger partial charge in [-0.1, -0.05) is 13.8 Å². The van der Waals surface area contributed by atoms with E-state index in [0.717, 1.165) is 0 Å². The van der Waals surface area contributed by atoms with Crippen molar-refractivity contribution in [1.29, 1.82) is 0 Å². The highest BCUT2D eigenvalue weighted by molar-refractivity contribution is 5.87. The average Bonchev–Trinajstić information content (AvgIpc) is 2.42. The molecule has 0 aliphatic rings. The van der Waals surface area contributed by atoms with Gasteiger partial charge in [-0.2, -0.15) is 0 Å². The first-order valence-corrected chi connectivity index (χ1v) is 7.69. The van der Waals surface area contributed by atoms with Crippen LogP contribution in [0.3, 0.4) is 0 Å². The van der Waals surface area contributed by atoms with Gasteiger partial charge >= 0.3 is 11.9 Å². The lowest BCUT2D eigenvalue weighted by molar-refractivity contribution is -0.149. The van der Waals surface area contributed by atoms with E-state index >= 15 is 0 Å². The van der Waals surface area contributed by atoms with E-state index in [1.807, 2.05) is 13.8 Å². The Balaban J connectivity index is 4.61. The molecule has 7 nitrogen and oxygen atoms in total. The van der Waals surface area contributed by atoms with Crippen LogP contribution in [-0.2, 0) is 23.9 Å². The molecule has 3 N–H and O–H groups in total. The number of carbonyl (C=O) groups excluding carboxylic acids is 3. The first-order valence-electron chi connectivity index (χ1n) is 7.69. The molecule has 22 heavy (non-hydrogen) atoms. The quantitative estimate of drug-likeness (QED) is 0.576. The third-order valence-corrected chi connectivity index (χ3v) is 2.89. The number of rotatable bonds is 10. The third-order valence-electron chi connectivity index (χ3n) is 2.89. The van der Waals surface area contributed by atoms with Crippen molar-refractivity contribution in [1.82, 2.24) is 5.32 Å². The standard InChI is InChI=1S/C15H28N2O5/c1-5-21-13(18)8-7-12(15(20)22-6-2)17-14(19)11(16)9-10(3)4/h10-12H,5-9,16H2,1-4H3,(H,17,19)/t11-,12+/m0/s1. The molecule has 0 unspecified atom stereocenters. The zero-order valence-corrected chi connectivity index (χ0v) is 13.9. The second-order valence-corrected chi connectivity index (χ2v) is 5.39. The largest absolute Gasteiger partial charge is 0.466 e. The maximum absolute atomic E-state index is 12.0. The molecule has 128 valence electrons. The van der Waals surface area contributed by atoms with E-state index in [1.54, 1.807) is 13.8 Å². The lowest BCUT2D eigenvalue weighted by Crippen LogP contribution is -2.49. The van der Waals surface area contributed by atoms with Crippen LogP contribution in [0.15, 0.2) is 0 Å². The van der Waals surface area contributed by atoms with Gasteiger partial charge in [0, 0.05) is 6.42 Å². The van der Waals surface area contributed by atoms with Gasteiger partial charge in [0.2, 0.25) is 5.91 Å². The molecule has 0 aromatic rings. The smallest absolute Gasteiger partial charge is 0.328 e. The third kappa shape index (κ3) is 8.61. The van der Waals surface area contributed by atoms with Crippen molar-refractivity contribution in [3.8, 4) is 0 Å². The number of esters is 2. The summed E-state index contributed by atoms with van der Waals surface area (Å²) in [5.74, 6) is -1.15. The van der Waals surface area contributed by atoms with Crippen LogP contribution < -0.4 is 11.1 Å². The monoisotopic (exact) mass is 316 g/mol. The topological polar surface area (TPSA) is 108 Å². The number of nitrogens with one attached hydrogen (secondary N) is 1. The van der Waals surface area contributed by atoms with Crippen LogP contribution in [0.4, 0.5) is 0 Å². The lowest BCUT2D eigenvalue weighted by atomic mass is 10.0. The molecule has 0 saturated carbocycles. The minimum atomic E-state index is -0.893. The number of nitrogens with two attached hydrogens (primary N) is 1. The maximum Gasteiger partial charge on any atom is 0.328 e. The molecule has 7 heteroatoms. The highest BCUT2D eigenvalue weighted by Gasteiger charge is 2.26. The van der Waals surface area contributed by atoms with Gasteiger partial charge in [0.05, 0.1) is 19.3 Å². The summed E-state index contributed by atoms with van der Waals surface area (Å²) in [7, 11) is 0. The van der Waals surface area contributed by atoms with Crippen molar-refractivity contribution < 1.29 is 23.9 Å². The fourth-order valence-corrected chi connectivity index (χ4v) is 1.88. The highest BCUT2D eigenvalue weighted by atomic mass is 16.5. The fraction of sp³-hybridized carbons (Fsp3) is 0.800. The maximum atomic E-state index is 12.0. The second kappa shape index (κ2) is 11.0. The van der Waals surface area contributed by atoms with Crippen LogP contribution >= 0.6 is 0 Å². The predicted octanol–water partition coefficient (Wildman–Crippen LogP) is 0.751. The van der Waals surface area contributed by atoms with Crippen molar-refractivity contribution in [2.45, 2.75) is 59.0 Å². The summed E-state index contributed by atoms with van der Waals surface area (Å²) in [6, 6.07) is -1.59. The van der Waals surface area contributed by atoms with Gasteiger partial charge in [-0.3, -0.25) is 9.59 Å². The molecule has 0 aromatic carbocycles. The molecule has 0 aliphatic carbocycles. The van der Waals surface area contributed by atoms with E-state index in [1.165, 1.54) is 0 Å². The first-order chi connectivity index (χ1) is 10.3. The molecule has 0 heterocycles. The SMILES string of the molecule is CCOC(=O)CC[C@@H](NC(=O)[C@@H](N)CC(C)C)C(=O)OCC. The molecule has 0 spiro atoms. The Morgan fingerprint density at radius 3 is 2.18 bits per heavy atom. The van der Waals surface area contributed by atoms with Gasteiger partial charge in [0.1, 0.15) is 6.04 Å². The summed E-state index contributed by atoms with van der Waals surface area (Å²) in [4.78, 5) is 35.3. The summed E-state index contributed by atoms with van der Waals surface area (Å²) < 4.78 is 9.72. The molecule has 0 aromatic heterocycles. The molecular formula is C15H28N2O5. The number of hydrogen-bond acceptors (Lipinski definition) is 6. The van der Waals surface area contributed by atoms with Crippen LogP contribution in [0.5, 0.6) is 0 Å². The van der Waals surface area contributed by atoms with Crippen molar-refractivity contribution in [3.05, 3.63) is 0 Å². The van der Waals surface area contributed by atoms with Crippen LogP contribution in [0.1, 0.15) is 47.0 Å². The van der Waals surface area contributed by atoms with Gasteiger partial charge in [0.25, 0.3) is 0 Å². The summed E-state index contributed by atoms with van der Waals surface area (Å²) in [6.07, 6.45) is 0.661. The number of hydrogen-bond donors (Lipinski definition) is 2. The molecule has 0 aliphatic heterocycles. The molecule has 1 amide bonds. The minimum absolute atomic E-state index is 0.0248. The van der Waals surface area contributed by atoms with E-state index in [-0.39, 0.29) is 32.0 Å². The average molecular weight is 316 g/mol. The van der Waals surface area contributed by atoms with Crippen molar-refractivity contribution in [3.63, 3.8) is 0 Å². The Hall–Kier alpha value is -1.63. The summed E-state index contributed by atoms with van der Waals surface area (Å²) in [5.41, 5.74) is 5.79. The fourth-order valence-electron chi connectivity index (χ4n) is 1.88. The van der Waals surface area contributed by atoms with E-state index in [9.17, 15) is 14.4 Å². The molecule has 0 fully saturated rings. The second-order valence-electron chi connectivity index (χ2n) is 5.39. The highest BCUT2D eigenvalue weighted by Crippen LogP contribution is 2.06. The number of ether oxygens (including phenoxy) is 2. The van der Waals surface area contributed by atoms with E-state index < -0.39 is 29.9 Å². The van der Waals surface area contributed by atoms with Crippen molar-refractivity contribution >= 4 is 17.8 Å².